The lowest BCUT2D eigenvalue weighted by Crippen LogP contribution is -2.31. The lowest BCUT2D eigenvalue weighted by Gasteiger charge is -2.19. The maximum Gasteiger partial charge on any atom is 0.233 e. The summed E-state index contributed by atoms with van der Waals surface area (Å²) in [5.74, 6) is 0.473. The molecule has 0 unspecified atom stereocenters. The van der Waals surface area contributed by atoms with Crippen LogP contribution < -0.4 is 0 Å². The number of aryl methyl sites for hydroxylation is 2. The van der Waals surface area contributed by atoms with Gasteiger partial charge in [-0.25, -0.2) is 9.97 Å². The zero-order valence-electron chi connectivity index (χ0n) is 14.2. The van der Waals surface area contributed by atoms with Crippen LogP contribution in [-0.2, 0) is 11.3 Å². The van der Waals surface area contributed by atoms with Crippen LogP contribution >= 0.6 is 46.0 Å². The van der Waals surface area contributed by atoms with E-state index in [0.717, 1.165) is 24.5 Å². The lowest BCUT2D eigenvalue weighted by atomic mass is 10.2. The summed E-state index contributed by atoms with van der Waals surface area (Å²) in [6, 6.07) is 3.84. The summed E-state index contributed by atoms with van der Waals surface area (Å²) >= 11 is 10.7. The molecule has 0 aliphatic carbocycles. The van der Waals surface area contributed by atoms with Crippen LogP contribution in [0, 0.1) is 13.8 Å². The standard InChI is InChI=1S/C17H18ClN3OS3/c1-4-21(7-12-5-6-13(18)25-12)14(22)8-23-16-15-10(2)11(3)24-17(15)20-9-19-16/h5-6,9H,4,7-8H2,1-3H3. The zero-order chi connectivity index (χ0) is 18.0. The van der Waals surface area contributed by atoms with Gasteiger partial charge in [0.05, 0.1) is 16.6 Å². The van der Waals surface area contributed by atoms with E-state index in [1.165, 1.54) is 33.5 Å². The molecule has 0 fully saturated rings. The van der Waals surface area contributed by atoms with Crippen LogP contribution in [-0.4, -0.2) is 33.1 Å². The van der Waals surface area contributed by atoms with E-state index >= 15 is 0 Å². The average molecular weight is 412 g/mol. The molecule has 0 radical (unpaired) electrons. The summed E-state index contributed by atoms with van der Waals surface area (Å²) in [4.78, 5) is 26.5. The molecule has 3 rings (SSSR count). The Morgan fingerprint density at radius 2 is 2.08 bits per heavy atom. The van der Waals surface area contributed by atoms with E-state index in [9.17, 15) is 4.79 Å². The molecule has 4 nitrogen and oxygen atoms in total. The molecule has 0 N–H and O–H groups in total. The predicted molar refractivity (Wildman–Crippen MR) is 108 cm³/mol. The summed E-state index contributed by atoms with van der Waals surface area (Å²) in [5, 5.41) is 1.96. The third-order valence-electron chi connectivity index (χ3n) is 3.97. The van der Waals surface area contributed by atoms with Crippen LogP contribution in [0.4, 0.5) is 0 Å². The molecule has 3 heterocycles. The number of carbonyl (C=O) groups is 1. The number of thioether (sulfide) groups is 1. The van der Waals surface area contributed by atoms with Crippen molar-refractivity contribution < 1.29 is 4.79 Å². The molecule has 0 aliphatic heterocycles. The van der Waals surface area contributed by atoms with Crippen molar-refractivity contribution in [2.75, 3.05) is 12.3 Å². The predicted octanol–water partition coefficient (Wildman–Crippen LogP) is 5.16. The zero-order valence-corrected chi connectivity index (χ0v) is 17.4. The summed E-state index contributed by atoms with van der Waals surface area (Å²) in [5.41, 5.74) is 1.20. The van der Waals surface area contributed by atoms with Crippen molar-refractivity contribution in [2.24, 2.45) is 0 Å². The smallest absolute Gasteiger partial charge is 0.233 e. The monoisotopic (exact) mass is 411 g/mol. The quantitative estimate of drug-likeness (QED) is 0.415. The number of carbonyl (C=O) groups excluding carboxylic acids is 1. The van der Waals surface area contributed by atoms with Crippen molar-refractivity contribution >= 4 is 62.2 Å². The highest BCUT2D eigenvalue weighted by atomic mass is 35.5. The summed E-state index contributed by atoms with van der Waals surface area (Å²) in [7, 11) is 0. The first kappa shape index (κ1) is 18.6. The van der Waals surface area contributed by atoms with Crippen molar-refractivity contribution in [3.8, 4) is 0 Å². The van der Waals surface area contributed by atoms with Gasteiger partial charge in [0.25, 0.3) is 0 Å². The Morgan fingerprint density at radius 3 is 2.76 bits per heavy atom. The van der Waals surface area contributed by atoms with Crippen molar-refractivity contribution in [3.63, 3.8) is 0 Å². The van der Waals surface area contributed by atoms with Gasteiger partial charge in [0.15, 0.2) is 0 Å². The minimum absolute atomic E-state index is 0.105. The molecule has 0 saturated carbocycles. The van der Waals surface area contributed by atoms with Gasteiger partial charge in [-0.3, -0.25) is 4.79 Å². The number of aromatic nitrogens is 2. The van der Waals surface area contributed by atoms with Gasteiger partial charge in [-0.1, -0.05) is 23.4 Å². The fourth-order valence-electron chi connectivity index (χ4n) is 2.48. The number of hydrogen-bond acceptors (Lipinski definition) is 6. The fraction of sp³-hybridized carbons (Fsp3) is 0.353. The highest BCUT2D eigenvalue weighted by molar-refractivity contribution is 8.00. The second kappa shape index (κ2) is 8.03. The summed E-state index contributed by atoms with van der Waals surface area (Å²) in [6.07, 6.45) is 1.58. The molecule has 25 heavy (non-hydrogen) atoms. The van der Waals surface area contributed by atoms with Gasteiger partial charge < -0.3 is 4.90 Å². The van der Waals surface area contributed by atoms with Gasteiger partial charge in [0.2, 0.25) is 5.91 Å². The van der Waals surface area contributed by atoms with Gasteiger partial charge >= 0.3 is 0 Å². The molecule has 8 heteroatoms. The average Bonchev–Trinajstić information content (AvgIpc) is 3.14. The molecule has 1 amide bonds. The van der Waals surface area contributed by atoms with Crippen LogP contribution in [0.3, 0.4) is 0 Å². The van der Waals surface area contributed by atoms with Crippen molar-refractivity contribution in [1.82, 2.24) is 14.9 Å². The number of halogens is 1. The summed E-state index contributed by atoms with van der Waals surface area (Å²) < 4.78 is 0.750. The maximum absolute atomic E-state index is 12.6. The molecule has 0 saturated heterocycles. The Morgan fingerprint density at radius 1 is 1.28 bits per heavy atom. The van der Waals surface area contributed by atoms with E-state index in [-0.39, 0.29) is 5.91 Å². The van der Waals surface area contributed by atoms with Gasteiger partial charge in [-0.2, -0.15) is 0 Å². The van der Waals surface area contributed by atoms with Crippen molar-refractivity contribution in [2.45, 2.75) is 32.3 Å². The first-order valence-electron chi connectivity index (χ1n) is 7.85. The molecule has 3 aromatic heterocycles. The van der Waals surface area contributed by atoms with Gasteiger partial charge in [-0.05, 0) is 38.5 Å². The van der Waals surface area contributed by atoms with E-state index in [4.69, 9.17) is 11.6 Å². The Bertz CT molecular complexity index is 906. The Labute approximate surface area is 164 Å². The molecule has 0 bridgehead atoms. The number of amides is 1. The van der Waals surface area contributed by atoms with E-state index in [1.807, 2.05) is 24.0 Å². The number of nitrogens with zero attached hydrogens (tertiary/aromatic N) is 3. The normalized spacial score (nSPS) is 11.2. The number of thiophene rings is 2. The minimum atomic E-state index is 0.105. The van der Waals surface area contributed by atoms with Crippen LogP contribution in [0.1, 0.15) is 22.2 Å². The van der Waals surface area contributed by atoms with Gasteiger partial charge in [0.1, 0.15) is 16.2 Å². The third kappa shape index (κ3) is 4.16. The SMILES string of the molecule is CCN(Cc1ccc(Cl)s1)C(=O)CSc1ncnc2sc(C)c(C)c12. The van der Waals surface area contributed by atoms with Crippen molar-refractivity contribution in [1.29, 1.82) is 0 Å². The lowest BCUT2D eigenvalue weighted by molar-refractivity contribution is -0.128. The highest BCUT2D eigenvalue weighted by Crippen LogP contribution is 2.34. The molecule has 132 valence electrons. The second-order valence-corrected chi connectivity index (χ2v) is 9.51. The number of rotatable bonds is 6. The number of fused-ring (bicyclic) bond motifs is 1. The molecule has 0 atom stereocenters. The Balaban J connectivity index is 1.71. The Hall–Kier alpha value is -1.15. The molecule has 0 spiro atoms. The molecule has 0 aliphatic rings. The maximum atomic E-state index is 12.6. The number of hydrogen-bond donors (Lipinski definition) is 0. The summed E-state index contributed by atoms with van der Waals surface area (Å²) in [6.45, 7) is 7.44. The van der Waals surface area contributed by atoms with Crippen LogP contribution in [0.2, 0.25) is 4.34 Å². The van der Waals surface area contributed by atoms with E-state index < -0.39 is 0 Å². The van der Waals surface area contributed by atoms with E-state index in [2.05, 4.69) is 23.8 Å². The van der Waals surface area contributed by atoms with Gasteiger partial charge in [0, 0.05) is 21.7 Å². The second-order valence-electron chi connectivity index (χ2n) is 5.54. The molecular weight excluding hydrogens is 394 g/mol. The molecule has 0 aromatic carbocycles. The molecule has 3 aromatic rings. The van der Waals surface area contributed by atoms with Crippen LogP contribution in [0.5, 0.6) is 0 Å². The largest absolute Gasteiger partial charge is 0.337 e. The Kier molecular flexibility index (Phi) is 5.99. The van der Waals surface area contributed by atoms with Crippen LogP contribution in [0.25, 0.3) is 10.2 Å². The highest BCUT2D eigenvalue weighted by Gasteiger charge is 2.17. The molecular formula is C17H18ClN3OS3. The van der Waals surface area contributed by atoms with Gasteiger partial charge in [-0.15, -0.1) is 22.7 Å². The third-order valence-corrected chi connectivity index (χ3v) is 7.28. The van der Waals surface area contributed by atoms with E-state index in [1.54, 1.807) is 17.7 Å². The topological polar surface area (TPSA) is 46.1 Å². The first-order valence-corrected chi connectivity index (χ1v) is 10.8. The van der Waals surface area contributed by atoms with Crippen LogP contribution in [0.15, 0.2) is 23.5 Å². The van der Waals surface area contributed by atoms with E-state index in [0.29, 0.717) is 18.8 Å². The fourth-order valence-corrected chi connectivity index (χ4v) is 5.61. The van der Waals surface area contributed by atoms with Crippen molar-refractivity contribution in [3.05, 3.63) is 38.1 Å². The minimum Gasteiger partial charge on any atom is -0.337 e. The first-order chi connectivity index (χ1) is 12.0.